The number of hydrazine groups is 1. The molecule has 1 aromatic heterocycles. The highest BCUT2D eigenvalue weighted by Crippen LogP contribution is 2.32. The fourth-order valence-corrected chi connectivity index (χ4v) is 1.94. The highest BCUT2D eigenvalue weighted by Gasteiger charge is 2.29. The van der Waals surface area contributed by atoms with Gasteiger partial charge in [0.2, 0.25) is 0 Å². The molecule has 3 heterocycles. The van der Waals surface area contributed by atoms with Crippen LogP contribution in [0.25, 0.3) is 0 Å². The average Bonchev–Trinajstić information content (AvgIpc) is 2.75. The number of carboxylic acid groups (broad SMARTS) is 1. The lowest BCUT2D eigenvalue weighted by atomic mass is 10.2. The summed E-state index contributed by atoms with van der Waals surface area (Å²) < 4.78 is 0. The van der Waals surface area contributed by atoms with Gasteiger partial charge in [-0.05, 0) is 6.07 Å². The second-order valence-electron chi connectivity index (χ2n) is 3.59. The summed E-state index contributed by atoms with van der Waals surface area (Å²) in [5.41, 5.74) is 1.22. The van der Waals surface area contributed by atoms with Crippen LogP contribution in [0.1, 0.15) is 15.9 Å². The van der Waals surface area contributed by atoms with Crippen LogP contribution in [0.5, 0.6) is 0 Å². The lowest BCUT2D eigenvalue weighted by Crippen LogP contribution is -2.28. The highest BCUT2D eigenvalue weighted by atomic mass is 16.4. The van der Waals surface area contributed by atoms with Crippen molar-refractivity contribution in [3.8, 4) is 0 Å². The Morgan fingerprint density at radius 3 is 3.20 bits per heavy atom. The molecule has 0 aliphatic carbocycles. The normalized spacial score (nSPS) is 18.0. The standard InChI is InChI=1S/C10H9N3O2/c14-10(15)7-4-8-6-12-2-1-3-13(12)9(8)11-5-7/h1,3-5H,2,6H2,(H,14,15). The van der Waals surface area contributed by atoms with Crippen molar-refractivity contribution in [2.24, 2.45) is 0 Å². The molecule has 2 aliphatic rings. The van der Waals surface area contributed by atoms with Gasteiger partial charge in [0.25, 0.3) is 0 Å². The number of anilines is 1. The second-order valence-corrected chi connectivity index (χ2v) is 3.59. The number of hydrogen-bond acceptors (Lipinski definition) is 4. The molecule has 0 unspecified atom stereocenters. The molecule has 2 aliphatic heterocycles. The van der Waals surface area contributed by atoms with Gasteiger partial charge in [0.15, 0.2) is 5.82 Å². The summed E-state index contributed by atoms with van der Waals surface area (Å²) in [6, 6.07) is 1.69. The van der Waals surface area contributed by atoms with Crippen LogP contribution in [0.3, 0.4) is 0 Å². The molecule has 76 valence electrons. The van der Waals surface area contributed by atoms with Crippen molar-refractivity contribution in [1.82, 2.24) is 9.99 Å². The van der Waals surface area contributed by atoms with E-state index < -0.39 is 5.97 Å². The smallest absolute Gasteiger partial charge is 0.337 e. The molecule has 5 nitrogen and oxygen atoms in total. The molecule has 0 amide bonds. The number of carboxylic acids is 1. The zero-order chi connectivity index (χ0) is 10.4. The maximum atomic E-state index is 10.8. The third-order valence-electron chi connectivity index (χ3n) is 2.63. The topological polar surface area (TPSA) is 56.7 Å². The number of carbonyl (C=O) groups is 1. The van der Waals surface area contributed by atoms with Crippen molar-refractivity contribution in [3.05, 3.63) is 35.7 Å². The van der Waals surface area contributed by atoms with Gasteiger partial charge in [-0.3, -0.25) is 5.01 Å². The molecule has 0 radical (unpaired) electrons. The van der Waals surface area contributed by atoms with E-state index in [1.54, 1.807) is 6.07 Å². The van der Waals surface area contributed by atoms with Gasteiger partial charge in [-0.25, -0.2) is 14.8 Å². The van der Waals surface area contributed by atoms with Crippen LogP contribution < -0.4 is 5.01 Å². The van der Waals surface area contributed by atoms with E-state index in [2.05, 4.69) is 16.1 Å². The first-order chi connectivity index (χ1) is 7.25. The fourth-order valence-electron chi connectivity index (χ4n) is 1.94. The van der Waals surface area contributed by atoms with Gasteiger partial charge in [0.05, 0.1) is 5.56 Å². The third kappa shape index (κ3) is 1.13. The minimum absolute atomic E-state index is 0.250. The molecular formula is C10H9N3O2. The molecule has 0 aromatic carbocycles. The molecule has 0 spiro atoms. The van der Waals surface area contributed by atoms with Crippen molar-refractivity contribution in [2.45, 2.75) is 6.54 Å². The summed E-state index contributed by atoms with van der Waals surface area (Å²) in [6.07, 6.45) is 5.41. The number of hydrogen-bond donors (Lipinski definition) is 1. The average molecular weight is 203 g/mol. The lowest BCUT2D eigenvalue weighted by Gasteiger charge is -2.18. The Labute approximate surface area is 86.2 Å². The largest absolute Gasteiger partial charge is 0.478 e. The molecule has 3 rings (SSSR count). The highest BCUT2D eigenvalue weighted by molar-refractivity contribution is 5.88. The Balaban J connectivity index is 2.06. The van der Waals surface area contributed by atoms with E-state index >= 15 is 0 Å². The van der Waals surface area contributed by atoms with Gasteiger partial charge in [-0.2, -0.15) is 0 Å². The third-order valence-corrected chi connectivity index (χ3v) is 2.63. The van der Waals surface area contributed by atoms with Crippen molar-refractivity contribution in [3.63, 3.8) is 0 Å². The Hall–Kier alpha value is -1.88. The minimum atomic E-state index is -0.928. The lowest BCUT2D eigenvalue weighted by molar-refractivity contribution is 0.0696. The quantitative estimate of drug-likeness (QED) is 0.733. The van der Waals surface area contributed by atoms with Crippen LogP contribution in [0.15, 0.2) is 24.5 Å². The number of rotatable bonds is 1. The van der Waals surface area contributed by atoms with Gasteiger partial charge in [-0.15, -0.1) is 0 Å². The van der Waals surface area contributed by atoms with Crippen LogP contribution >= 0.6 is 0 Å². The van der Waals surface area contributed by atoms with Crippen LogP contribution in [-0.4, -0.2) is 27.6 Å². The molecule has 1 N–H and O–H groups in total. The number of fused-ring (bicyclic) bond motifs is 3. The summed E-state index contributed by atoms with van der Waals surface area (Å²) >= 11 is 0. The predicted molar refractivity (Wildman–Crippen MR) is 53.2 cm³/mol. The summed E-state index contributed by atoms with van der Waals surface area (Å²) in [6.45, 7) is 1.59. The Morgan fingerprint density at radius 2 is 2.40 bits per heavy atom. The first-order valence-corrected chi connectivity index (χ1v) is 4.68. The molecule has 5 heteroatoms. The van der Waals surface area contributed by atoms with Gasteiger partial charge >= 0.3 is 5.97 Å². The SMILES string of the molecule is O=C(O)c1cnc2c(c1)CN1CC=CN21. The molecule has 0 fully saturated rings. The van der Waals surface area contributed by atoms with Crippen molar-refractivity contribution in [2.75, 3.05) is 11.6 Å². The predicted octanol–water partition coefficient (Wildman–Crippen LogP) is 0.844. The van der Waals surface area contributed by atoms with Gasteiger partial charge in [0.1, 0.15) is 0 Å². The number of aromatic carboxylic acids is 1. The molecule has 0 bridgehead atoms. The number of aromatic nitrogens is 1. The van der Waals surface area contributed by atoms with E-state index in [-0.39, 0.29) is 5.56 Å². The number of pyridine rings is 1. The zero-order valence-corrected chi connectivity index (χ0v) is 7.92. The molecule has 0 saturated carbocycles. The molecule has 0 atom stereocenters. The summed E-state index contributed by atoms with van der Waals surface area (Å²) in [5, 5.41) is 12.9. The number of nitrogens with zero attached hydrogens (tertiary/aromatic N) is 3. The molecule has 1 aromatic rings. The van der Waals surface area contributed by atoms with E-state index in [0.29, 0.717) is 0 Å². The van der Waals surface area contributed by atoms with Crippen molar-refractivity contribution >= 4 is 11.8 Å². The molecule has 0 saturated heterocycles. The first kappa shape index (κ1) is 8.43. The van der Waals surface area contributed by atoms with Gasteiger partial charge < -0.3 is 5.11 Å². The molecule has 15 heavy (non-hydrogen) atoms. The Bertz CT molecular complexity index is 470. The molecular weight excluding hydrogens is 194 g/mol. The van der Waals surface area contributed by atoms with E-state index in [9.17, 15) is 4.79 Å². The maximum absolute atomic E-state index is 10.8. The van der Waals surface area contributed by atoms with Crippen molar-refractivity contribution < 1.29 is 9.90 Å². The van der Waals surface area contributed by atoms with Crippen LogP contribution in [0, 0.1) is 0 Å². The van der Waals surface area contributed by atoms with E-state index in [1.165, 1.54) is 6.20 Å². The van der Waals surface area contributed by atoms with E-state index in [0.717, 1.165) is 24.5 Å². The van der Waals surface area contributed by atoms with Crippen LogP contribution in [-0.2, 0) is 6.54 Å². The Morgan fingerprint density at radius 1 is 1.53 bits per heavy atom. The zero-order valence-electron chi connectivity index (χ0n) is 7.92. The summed E-state index contributed by atoms with van der Waals surface area (Å²) in [7, 11) is 0. The monoisotopic (exact) mass is 203 g/mol. The second kappa shape index (κ2) is 2.80. The van der Waals surface area contributed by atoms with Crippen LogP contribution in [0.2, 0.25) is 0 Å². The maximum Gasteiger partial charge on any atom is 0.337 e. The van der Waals surface area contributed by atoms with Gasteiger partial charge in [-0.1, -0.05) is 6.08 Å². The van der Waals surface area contributed by atoms with E-state index in [1.807, 2.05) is 11.2 Å². The van der Waals surface area contributed by atoms with Gasteiger partial charge in [0, 0.05) is 31.0 Å². The minimum Gasteiger partial charge on any atom is -0.478 e. The Kier molecular flexibility index (Phi) is 1.58. The first-order valence-electron chi connectivity index (χ1n) is 4.68. The van der Waals surface area contributed by atoms with E-state index in [4.69, 9.17) is 5.11 Å². The summed E-state index contributed by atoms with van der Waals surface area (Å²) in [4.78, 5) is 14.9. The van der Waals surface area contributed by atoms with Crippen molar-refractivity contribution in [1.29, 1.82) is 0 Å². The van der Waals surface area contributed by atoms with Crippen LogP contribution in [0.4, 0.5) is 5.82 Å². The summed E-state index contributed by atoms with van der Waals surface area (Å²) in [5.74, 6) is -0.0864. The fraction of sp³-hybridized carbons (Fsp3) is 0.200.